The number of halogens is 4. The molecule has 0 spiro atoms. The van der Waals surface area contributed by atoms with Crippen LogP contribution >= 0.6 is 12.4 Å². The van der Waals surface area contributed by atoms with Crippen LogP contribution in [0.15, 0.2) is 67.0 Å². The zero-order valence-corrected chi connectivity index (χ0v) is 24.9. The molecule has 0 saturated carbocycles. The number of hydrogen-bond donors (Lipinski definition) is 3. The lowest BCUT2D eigenvalue weighted by Crippen LogP contribution is -2.44. The minimum absolute atomic E-state index is 0. The van der Waals surface area contributed by atoms with Gasteiger partial charge in [-0.25, -0.2) is 37.3 Å². The number of aromatic nitrogens is 3. The molecule has 1 aliphatic rings. The highest BCUT2D eigenvalue weighted by Gasteiger charge is 2.44. The number of alkyl halides is 1. The minimum Gasteiger partial charge on any atom is -0.435 e. The van der Waals surface area contributed by atoms with E-state index in [4.69, 9.17) is 9.88 Å². The zero-order valence-electron chi connectivity index (χ0n) is 23.2. The van der Waals surface area contributed by atoms with Gasteiger partial charge in [0.05, 0.1) is 11.3 Å². The molecule has 4 aromatic rings. The molecule has 1 saturated heterocycles. The fourth-order valence-corrected chi connectivity index (χ4v) is 5.88. The first-order valence-corrected chi connectivity index (χ1v) is 14.7. The molecule has 5 rings (SSSR count). The van der Waals surface area contributed by atoms with Gasteiger partial charge < -0.3 is 15.4 Å². The standard InChI is InChI=1S/C29H29F3N6O3S.ClH/c1-17-13-22(29(2,42(33,39)40)18-7-4-3-5-8-18)24(31)25(32)26(17)41-27-21(9-6-11-35-27)23-10-12-36-28(38-23)37-20-14-19(30)15-34-16-20;/h3-13,19-20,34H,14-16H2,1-2H3,(H2,33,39,40)(H,36,37,38);1H/t19-,20-,29?;/m0./s1. The van der Waals surface area contributed by atoms with Crippen LogP contribution in [0.25, 0.3) is 11.3 Å². The Bertz CT molecular complexity index is 1720. The summed E-state index contributed by atoms with van der Waals surface area (Å²) in [4.78, 5) is 12.9. The van der Waals surface area contributed by atoms with Crippen molar-refractivity contribution in [3.05, 3.63) is 95.3 Å². The van der Waals surface area contributed by atoms with Crippen molar-refractivity contribution in [3.8, 4) is 22.9 Å². The third-order valence-corrected chi connectivity index (χ3v) is 8.88. The Kier molecular flexibility index (Phi) is 9.60. The number of hydrogen-bond acceptors (Lipinski definition) is 8. The summed E-state index contributed by atoms with van der Waals surface area (Å²) in [6.45, 7) is 3.52. The van der Waals surface area contributed by atoms with Crippen LogP contribution in [0.4, 0.5) is 19.1 Å². The van der Waals surface area contributed by atoms with E-state index in [1.165, 1.54) is 44.4 Å². The van der Waals surface area contributed by atoms with E-state index in [0.29, 0.717) is 30.8 Å². The number of nitrogens with zero attached hydrogens (tertiary/aromatic N) is 3. The fourth-order valence-electron chi connectivity index (χ4n) is 4.96. The molecule has 0 amide bonds. The number of rotatable bonds is 8. The lowest BCUT2D eigenvalue weighted by Gasteiger charge is -2.29. The van der Waals surface area contributed by atoms with Crippen molar-refractivity contribution in [2.45, 2.75) is 37.2 Å². The van der Waals surface area contributed by atoms with Gasteiger partial charge in [-0.1, -0.05) is 30.3 Å². The summed E-state index contributed by atoms with van der Waals surface area (Å²) in [6, 6.07) is 13.6. The van der Waals surface area contributed by atoms with Gasteiger partial charge in [0.25, 0.3) is 0 Å². The van der Waals surface area contributed by atoms with Gasteiger partial charge in [0.15, 0.2) is 11.6 Å². The molecule has 14 heteroatoms. The first kappa shape index (κ1) is 32.1. The largest absolute Gasteiger partial charge is 0.435 e. The summed E-state index contributed by atoms with van der Waals surface area (Å²) in [5.74, 6) is -3.12. The number of nitrogens with two attached hydrogens (primary N) is 1. The van der Waals surface area contributed by atoms with Crippen molar-refractivity contribution in [1.82, 2.24) is 20.3 Å². The van der Waals surface area contributed by atoms with Crippen LogP contribution in [0.5, 0.6) is 11.6 Å². The van der Waals surface area contributed by atoms with Crippen molar-refractivity contribution < 1.29 is 26.3 Å². The summed E-state index contributed by atoms with van der Waals surface area (Å²) < 4.78 is 74.5. The highest BCUT2D eigenvalue weighted by Crippen LogP contribution is 2.42. The maximum absolute atomic E-state index is 15.7. The second-order valence-corrected chi connectivity index (χ2v) is 12.1. The molecule has 1 aliphatic heterocycles. The first-order valence-electron chi connectivity index (χ1n) is 13.1. The van der Waals surface area contributed by atoms with Gasteiger partial charge in [0.1, 0.15) is 10.9 Å². The van der Waals surface area contributed by atoms with E-state index in [1.807, 2.05) is 0 Å². The Morgan fingerprint density at radius 1 is 1.05 bits per heavy atom. The zero-order chi connectivity index (χ0) is 30.1. The average molecular weight is 635 g/mol. The molecule has 3 heterocycles. The fraction of sp³-hybridized carbons (Fsp3) is 0.276. The van der Waals surface area contributed by atoms with Gasteiger partial charge in [-0.3, -0.25) is 0 Å². The summed E-state index contributed by atoms with van der Waals surface area (Å²) in [7, 11) is -4.46. The molecular weight excluding hydrogens is 605 g/mol. The number of anilines is 1. The Labute approximate surface area is 253 Å². The number of benzene rings is 2. The molecule has 2 aromatic carbocycles. The SMILES string of the molecule is Cc1cc(C(C)(c2ccccc2)S(N)(=O)=O)c(F)c(F)c1Oc1ncccc1-c1ccnc(N[C@@H]2CNC[C@@H](F)C2)n1.Cl. The summed E-state index contributed by atoms with van der Waals surface area (Å²) in [6.07, 6.45) is 2.23. The second-order valence-electron chi connectivity index (χ2n) is 10.2. The predicted octanol–water partition coefficient (Wildman–Crippen LogP) is 5.00. The highest BCUT2D eigenvalue weighted by molar-refractivity contribution is 7.90. The number of piperidine rings is 1. The van der Waals surface area contributed by atoms with Gasteiger partial charge in [-0.15, -0.1) is 12.4 Å². The van der Waals surface area contributed by atoms with E-state index in [1.54, 1.807) is 36.4 Å². The predicted molar refractivity (Wildman–Crippen MR) is 159 cm³/mol. The van der Waals surface area contributed by atoms with E-state index in [-0.39, 0.29) is 41.4 Å². The van der Waals surface area contributed by atoms with Crippen molar-refractivity contribution >= 4 is 28.4 Å². The van der Waals surface area contributed by atoms with Crippen LogP contribution in [0.1, 0.15) is 30.0 Å². The quantitative estimate of drug-likeness (QED) is 0.247. The highest BCUT2D eigenvalue weighted by atomic mass is 35.5. The molecule has 43 heavy (non-hydrogen) atoms. The molecule has 0 radical (unpaired) electrons. The molecule has 4 N–H and O–H groups in total. The smallest absolute Gasteiger partial charge is 0.228 e. The van der Waals surface area contributed by atoms with Crippen LogP contribution in [0.2, 0.25) is 0 Å². The summed E-state index contributed by atoms with van der Waals surface area (Å²) >= 11 is 0. The van der Waals surface area contributed by atoms with Crippen molar-refractivity contribution in [2.24, 2.45) is 5.14 Å². The minimum atomic E-state index is -4.46. The summed E-state index contributed by atoms with van der Waals surface area (Å²) in [5, 5.41) is 11.7. The van der Waals surface area contributed by atoms with Crippen LogP contribution in [0, 0.1) is 18.6 Å². The molecule has 1 unspecified atom stereocenters. The maximum atomic E-state index is 15.7. The van der Waals surface area contributed by atoms with Crippen LogP contribution < -0.4 is 20.5 Å². The molecule has 2 aromatic heterocycles. The van der Waals surface area contributed by atoms with Crippen molar-refractivity contribution in [2.75, 3.05) is 18.4 Å². The van der Waals surface area contributed by atoms with E-state index in [9.17, 15) is 12.8 Å². The number of nitrogens with one attached hydrogen (secondary N) is 2. The monoisotopic (exact) mass is 634 g/mol. The molecule has 0 aliphatic carbocycles. The van der Waals surface area contributed by atoms with Gasteiger partial charge >= 0.3 is 0 Å². The normalized spacial score (nSPS) is 18.3. The van der Waals surface area contributed by atoms with Crippen molar-refractivity contribution in [3.63, 3.8) is 0 Å². The third-order valence-electron chi connectivity index (χ3n) is 7.29. The Morgan fingerprint density at radius 2 is 1.79 bits per heavy atom. The molecule has 9 nitrogen and oxygen atoms in total. The van der Waals surface area contributed by atoms with Gasteiger partial charge in [0, 0.05) is 43.5 Å². The number of primary sulfonamides is 1. The topological polar surface area (TPSA) is 132 Å². The van der Waals surface area contributed by atoms with E-state index in [0.717, 1.165) is 0 Å². The average Bonchev–Trinajstić information content (AvgIpc) is 2.97. The Balaban J connectivity index is 0.00000423. The molecular formula is C29H30ClF3N6O3S. The molecule has 1 fully saturated rings. The van der Waals surface area contributed by atoms with Crippen LogP contribution in [-0.2, 0) is 14.8 Å². The van der Waals surface area contributed by atoms with Crippen molar-refractivity contribution in [1.29, 1.82) is 0 Å². The van der Waals surface area contributed by atoms with E-state index < -0.39 is 43.9 Å². The lowest BCUT2D eigenvalue weighted by molar-refractivity contribution is 0.254. The first-order chi connectivity index (χ1) is 20.0. The van der Waals surface area contributed by atoms with Gasteiger partial charge in [0.2, 0.25) is 27.7 Å². The summed E-state index contributed by atoms with van der Waals surface area (Å²) in [5.41, 5.74) is 0.554. The number of aryl methyl sites for hydroxylation is 1. The number of sulfonamides is 1. The van der Waals surface area contributed by atoms with Gasteiger partial charge in [-0.05, 0) is 49.2 Å². The van der Waals surface area contributed by atoms with Gasteiger partial charge in [-0.2, -0.15) is 4.39 Å². The Morgan fingerprint density at radius 3 is 2.49 bits per heavy atom. The molecule has 228 valence electrons. The third kappa shape index (κ3) is 6.44. The molecule has 0 bridgehead atoms. The van der Waals surface area contributed by atoms with E-state index in [2.05, 4.69) is 25.6 Å². The van der Waals surface area contributed by atoms with Crippen LogP contribution in [-0.4, -0.2) is 48.7 Å². The lowest BCUT2D eigenvalue weighted by atomic mass is 9.90. The number of ether oxygens (including phenoxy) is 1. The maximum Gasteiger partial charge on any atom is 0.228 e. The van der Waals surface area contributed by atoms with E-state index >= 15 is 8.78 Å². The molecule has 3 atom stereocenters. The Hall–Kier alpha value is -3.78. The number of pyridine rings is 1. The van der Waals surface area contributed by atoms with Crippen LogP contribution in [0.3, 0.4) is 0 Å². The second kappa shape index (κ2) is 12.8.